The molecule has 1 heterocycles. The predicted octanol–water partition coefficient (Wildman–Crippen LogP) is 2.02. The van der Waals surface area contributed by atoms with Gasteiger partial charge in [0.25, 0.3) is 0 Å². The fourth-order valence-electron chi connectivity index (χ4n) is 1.80. The molecule has 1 N–H and O–H groups in total. The van der Waals surface area contributed by atoms with Gasteiger partial charge in [-0.2, -0.15) is 0 Å². The second-order valence-electron chi connectivity index (χ2n) is 5.91. The zero-order valence-electron chi connectivity index (χ0n) is 11.2. The van der Waals surface area contributed by atoms with Gasteiger partial charge in [-0.15, -0.1) is 0 Å². The number of carbonyl (C=O) groups excluding carboxylic acids is 1. The predicted molar refractivity (Wildman–Crippen MR) is 67.4 cm³/mol. The Kier molecular flexibility index (Phi) is 4.78. The lowest BCUT2D eigenvalue weighted by Gasteiger charge is -2.31. The number of likely N-dealkylation sites (tertiary alicyclic amines) is 1. The van der Waals surface area contributed by atoms with Crippen molar-refractivity contribution in [2.45, 2.75) is 53.0 Å². The van der Waals surface area contributed by atoms with E-state index < -0.39 is 0 Å². The minimum Gasteiger partial charge on any atom is -0.342 e. The van der Waals surface area contributed by atoms with E-state index >= 15 is 0 Å². The normalized spacial score (nSPS) is 19.6. The highest BCUT2D eigenvalue weighted by Gasteiger charge is 2.22. The third-order valence-corrected chi connectivity index (χ3v) is 3.57. The maximum atomic E-state index is 11.9. The van der Waals surface area contributed by atoms with E-state index in [1.54, 1.807) is 0 Å². The molecule has 1 saturated heterocycles. The van der Waals surface area contributed by atoms with Gasteiger partial charge in [0.1, 0.15) is 0 Å². The maximum Gasteiger partial charge on any atom is 0.236 e. The first-order chi connectivity index (χ1) is 7.41. The maximum absolute atomic E-state index is 11.9. The Hall–Kier alpha value is -0.570. The molecule has 0 aromatic rings. The van der Waals surface area contributed by atoms with Gasteiger partial charge in [-0.1, -0.05) is 20.8 Å². The lowest BCUT2D eigenvalue weighted by molar-refractivity contribution is -0.131. The lowest BCUT2D eigenvalue weighted by atomic mass is 9.88. The van der Waals surface area contributed by atoms with E-state index in [1.807, 2.05) is 4.90 Å². The molecule has 0 spiro atoms. The molecule has 1 aliphatic heterocycles. The molecule has 1 atom stereocenters. The van der Waals surface area contributed by atoms with Crippen LogP contribution in [0.2, 0.25) is 0 Å². The summed E-state index contributed by atoms with van der Waals surface area (Å²) in [5.74, 6) is 0.260. The zero-order valence-corrected chi connectivity index (χ0v) is 11.2. The lowest BCUT2D eigenvalue weighted by Crippen LogP contribution is -2.46. The van der Waals surface area contributed by atoms with Crippen molar-refractivity contribution in [2.75, 3.05) is 19.6 Å². The third kappa shape index (κ3) is 4.12. The summed E-state index contributed by atoms with van der Waals surface area (Å²) >= 11 is 0. The van der Waals surface area contributed by atoms with Gasteiger partial charge in [-0.05, 0) is 31.6 Å². The molecule has 3 nitrogen and oxygen atoms in total. The molecule has 94 valence electrons. The summed E-state index contributed by atoms with van der Waals surface area (Å²) in [5, 5.41) is 3.33. The molecule has 1 amide bonds. The van der Waals surface area contributed by atoms with Crippen molar-refractivity contribution in [1.82, 2.24) is 10.2 Å². The first kappa shape index (κ1) is 13.5. The second-order valence-corrected chi connectivity index (χ2v) is 5.91. The van der Waals surface area contributed by atoms with Crippen LogP contribution in [0.25, 0.3) is 0 Å². The molecular formula is C13H26N2O. The van der Waals surface area contributed by atoms with Crippen molar-refractivity contribution < 1.29 is 4.79 Å². The molecule has 0 aromatic carbocycles. The molecule has 3 heteroatoms. The van der Waals surface area contributed by atoms with Crippen molar-refractivity contribution in [3.8, 4) is 0 Å². The molecule has 1 fully saturated rings. The Morgan fingerprint density at radius 3 is 2.31 bits per heavy atom. The first-order valence-corrected chi connectivity index (χ1v) is 6.42. The summed E-state index contributed by atoms with van der Waals surface area (Å²) in [4.78, 5) is 13.9. The fraction of sp³-hybridized carbons (Fsp3) is 0.923. The second kappa shape index (κ2) is 5.67. The topological polar surface area (TPSA) is 32.3 Å². The average molecular weight is 226 g/mol. The Balaban J connectivity index is 2.29. The number of piperidine rings is 1. The first-order valence-electron chi connectivity index (χ1n) is 6.42. The Bertz CT molecular complexity index is 227. The van der Waals surface area contributed by atoms with Crippen molar-refractivity contribution in [3.63, 3.8) is 0 Å². The van der Waals surface area contributed by atoms with Gasteiger partial charge in [-0.3, -0.25) is 4.79 Å². The van der Waals surface area contributed by atoms with E-state index in [9.17, 15) is 4.79 Å². The SMILES string of the molecule is CC(NCC(=O)N1CCCCC1)C(C)(C)C. The van der Waals surface area contributed by atoms with Crippen LogP contribution in [0.1, 0.15) is 47.0 Å². The zero-order chi connectivity index (χ0) is 12.2. The summed E-state index contributed by atoms with van der Waals surface area (Å²) in [5.41, 5.74) is 0.210. The van der Waals surface area contributed by atoms with Gasteiger partial charge in [-0.25, -0.2) is 0 Å². The molecule has 1 aliphatic rings. The number of nitrogens with zero attached hydrogens (tertiary/aromatic N) is 1. The van der Waals surface area contributed by atoms with Crippen molar-refractivity contribution >= 4 is 5.91 Å². The number of hydrogen-bond acceptors (Lipinski definition) is 2. The molecule has 0 aromatic heterocycles. The summed E-state index contributed by atoms with van der Waals surface area (Å²) in [6, 6.07) is 0.362. The highest BCUT2D eigenvalue weighted by molar-refractivity contribution is 5.78. The van der Waals surface area contributed by atoms with Crippen molar-refractivity contribution in [2.24, 2.45) is 5.41 Å². The minimum absolute atomic E-state index is 0.210. The number of carbonyl (C=O) groups is 1. The van der Waals surface area contributed by atoms with Gasteiger partial charge < -0.3 is 10.2 Å². The summed E-state index contributed by atoms with van der Waals surface area (Å²) < 4.78 is 0. The number of hydrogen-bond donors (Lipinski definition) is 1. The molecule has 0 saturated carbocycles. The van der Waals surface area contributed by atoms with Gasteiger partial charge in [0.05, 0.1) is 6.54 Å². The van der Waals surface area contributed by atoms with Gasteiger partial charge in [0, 0.05) is 19.1 Å². The van der Waals surface area contributed by atoms with Crippen LogP contribution in [0, 0.1) is 5.41 Å². The van der Waals surface area contributed by atoms with Crippen LogP contribution >= 0.6 is 0 Å². The monoisotopic (exact) mass is 226 g/mol. The molecular weight excluding hydrogens is 200 g/mol. The van der Waals surface area contributed by atoms with Gasteiger partial charge in [0.2, 0.25) is 5.91 Å². The van der Waals surface area contributed by atoms with Crippen LogP contribution in [-0.4, -0.2) is 36.5 Å². The Morgan fingerprint density at radius 1 is 1.25 bits per heavy atom. The molecule has 0 bridgehead atoms. The quantitative estimate of drug-likeness (QED) is 0.798. The largest absolute Gasteiger partial charge is 0.342 e. The van der Waals surface area contributed by atoms with E-state index in [1.165, 1.54) is 19.3 Å². The summed E-state index contributed by atoms with van der Waals surface area (Å²) in [7, 11) is 0. The molecule has 16 heavy (non-hydrogen) atoms. The summed E-state index contributed by atoms with van der Waals surface area (Å²) in [6.45, 7) is 11.1. The van der Waals surface area contributed by atoms with E-state index in [0.29, 0.717) is 12.6 Å². The standard InChI is InChI=1S/C13H26N2O/c1-11(13(2,3)4)14-10-12(16)15-8-6-5-7-9-15/h11,14H,5-10H2,1-4H3. The summed E-state index contributed by atoms with van der Waals surface area (Å²) in [6.07, 6.45) is 3.61. The van der Waals surface area contributed by atoms with Crippen LogP contribution in [-0.2, 0) is 4.79 Å². The highest BCUT2D eigenvalue weighted by atomic mass is 16.2. The molecule has 1 unspecified atom stereocenters. The van der Waals surface area contributed by atoms with E-state index in [0.717, 1.165) is 13.1 Å². The van der Waals surface area contributed by atoms with E-state index in [-0.39, 0.29) is 11.3 Å². The fourth-order valence-corrected chi connectivity index (χ4v) is 1.80. The molecule has 0 aliphatic carbocycles. The molecule has 0 radical (unpaired) electrons. The van der Waals surface area contributed by atoms with Crippen molar-refractivity contribution in [1.29, 1.82) is 0 Å². The van der Waals surface area contributed by atoms with E-state index in [2.05, 4.69) is 33.0 Å². The van der Waals surface area contributed by atoms with Crippen LogP contribution in [0.15, 0.2) is 0 Å². The Morgan fingerprint density at radius 2 is 1.81 bits per heavy atom. The number of amides is 1. The smallest absolute Gasteiger partial charge is 0.236 e. The van der Waals surface area contributed by atoms with Crippen LogP contribution in [0.5, 0.6) is 0 Å². The number of nitrogens with one attached hydrogen (secondary N) is 1. The number of rotatable bonds is 3. The Labute approximate surface area is 99.6 Å². The van der Waals surface area contributed by atoms with Gasteiger partial charge >= 0.3 is 0 Å². The van der Waals surface area contributed by atoms with Crippen molar-refractivity contribution in [3.05, 3.63) is 0 Å². The minimum atomic E-state index is 0.210. The highest BCUT2D eigenvalue weighted by Crippen LogP contribution is 2.18. The average Bonchev–Trinajstić information content (AvgIpc) is 2.25. The van der Waals surface area contributed by atoms with Gasteiger partial charge in [0.15, 0.2) is 0 Å². The van der Waals surface area contributed by atoms with Crippen LogP contribution in [0.4, 0.5) is 0 Å². The van der Waals surface area contributed by atoms with E-state index in [4.69, 9.17) is 0 Å². The van der Waals surface area contributed by atoms with Crippen LogP contribution in [0.3, 0.4) is 0 Å². The third-order valence-electron chi connectivity index (χ3n) is 3.57. The molecule has 1 rings (SSSR count). The van der Waals surface area contributed by atoms with Crippen LogP contribution < -0.4 is 5.32 Å².